The lowest BCUT2D eigenvalue weighted by Gasteiger charge is -2.25. The van der Waals surface area contributed by atoms with E-state index in [0.717, 1.165) is 9.87 Å². The summed E-state index contributed by atoms with van der Waals surface area (Å²) in [4.78, 5) is 12.2. The molecule has 1 unspecified atom stereocenters. The topological polar surface area (TPSA) is 95.9 Å². The number of hydrogen-bond donors (Lipinski definition) is 2. The van der Waals surface area contributed by atoms with Crippen LogP contribution in [0, 0.1) is 11.8 Å². The van der Waals surface area contributed by atoms with Gasteiger partial charge in [-0.05, 0) is 36.8 Å². The molecule has 0 bridgehead atoms. The maximum atomic E-state index is 13.0. The van der Waals surface area contributed by atoms with Gasteiger partial charge in [0.25, 0.3) is 5.91 Å². The van der Waals surface area contributed by atoms with Crippen LogP contribution < -0.4 is 10.2 Å². The minimum Gasteiger partial charge on any atom is -0.481 e. The van der Waals surface area contributed by atoms with E-state index in [0.29, 0.717) is 11.5 Å². The molecule has 0 saturated heterocycles. The molecule has 9 heteroatoms. The Morgan fingerprint density at radius 2 is 1.87 bits per heavy atom. The first kappa shape index (κ1) is 23.8. The average molecular weight is 449 g/mol. The maximum absolute atomic E-state index is 13.0. The van der Waals surface area contributed by atoms with Gasteiger partial charge in [0, 0.05) is 18.6 Å². The molecule has 0 radical (unpaired) electrons. The first-order chi connectivity index (χ1) is 14.4. The molecule has 0 aliphatic rings. The fourth-order valence-corrected chi connectivity index (χ4v) is 5.07. The fourth-order valence-electron chi connectivity index (χ4n) is 2.52. The second kappa shape index (κ2) is 11.6. The number of nitrogens with one attached hydrogen (secondary N) is 1. The van der Waals surface area contributed by atoms with Gasteiger partial charge in [-0.25, -0.2) is 13.9 Å². The van der Waals surface area contributed by atoms with Crippen LogP contribution in [0.2, 0.25) is 0 Å². The molecule has 0 aromatic heterocycles. The van der Waals surface area contributed by atoms with Crippen molar-refractivity contribution in [1.29, 1.82) is 0 Å². The van der Waals surface area contributed by atoms with E-state index in [4.69, 9.17) is 9.94 Å². The molecule has 2 aromatic carbocycles. The number of amides is 1. The average Bonchev–Trinajstić information content (AvgIpc) is 2.77. The number of rotatable bonds is 10. The van der Waals surface area contributed by atoms with Crippen LogP contribution >= 0.6 is 11.8 Å². The van der Waals surface area contributed by atoms with Gasteiger partial charge in [-0.15, -0.1) is 5.92 Å². The first-order valence-electron chi connectivity index (χ1n) is 9.06. The molecule has 1 amide bonds. The van der Waals surface area contributed by atoms with Gasteiger partial charge in [0.05, 0.1) is 4.90 Å². The summed E-state index contributed by atoms with van der Waals surface area (Å²) in [6, 6.07) is 14.4. The summed E-state index contributed by atoms with van der Waals surface area (Å²) in [5.41, 5.74) is 2.62. The van der Waals surface area contributed by atoms with Crippen LogP contribution in [-0.2, 0) is 20.6 Å². The van der Waals surface area contributed by atoms with E-state index in [1.54, 1.807) is 12.4 Å². The number of carbonyl (C=O) groups is 1. The Morgan fingerprint density at radius 1 is 1.20 bits per heavy atom. The quantitative estimate of drug-likeness (QED) is 0.329. The number of benzene rings is 2. The number of thioether (sulfide) groups is 1. The second-order valence-corrected chi connectivity index (χ2v) is 9.23. The largest absolute Gasteiger partial charge is 0.481 e. The minimum atomic E-state index is -3.97. The number of carbonyl (C=O) groups excluding carboxylic acids is 1. The minimum absolute atomic E-state index is 0.0164. The van der Waals surface area contributed by atoms with Gasteiger partial charge in [-0.1, -0.05) is 36.3 Å². The molecule has 30 heavy (non-hydrogen) atoms. The van der Waals surface area contributed by atoms with Crippen LogP contribution in [0.3, 0.4) is 0 Å². The molecule has 0 spiro atoms. The van der Waals surface area contributed by atoms with E-state index in [1.165, 1.54) is 43.1 Å². The molecule has 0 heterocycles. The molecule has 2 rings (SSSR count). The van der Waals surface area contributed by atoms with E-state index in [9.17, 15) is 13.2 Å². The smallest absolute Gasteiger partial charge is 0.262 e. The lowest BCUT2D eigenvalue weighted by Crippen LogP contribution is -2.48. The number of hydrogen-bond acceptors (Lipinski definition) is 6. The van der Waals surface area contributed by atoms with Gasteiger partial charge in [0.1, 0.15) is 18.4 Å². The lowest BCUT2D eigenvalue weighted by molar-refractivity contribution is -0.132. The summed E-state index contributed by atoms with van der Waals surface area (Å²) in [6.45, 7) is 1.91. The van der Waals surface area contributed by atoms with Crippen molar-refractivity contribution in [2.24, 2.45) is 0 Å². The van der Waals surface area contributed by atoms with Crippen molar-refractivity contribution in [2.75, 3.05) is 19.4 Å². The van der Waals surface area contributed by atoms with Crippen molar-refractivity contribution in [1.82, 2.24) is 9.79 Å². The molecule has 0 aliphatic carbocycles. The molecule has 160 valence electrons. The van der Waals surface area contributed by atoms with Crippen LogP contribution in [0.4, 0.5) is 0 Å². The molecule has 0 aliphatic heterocycles. The molecular formula is C21H24N2O5S2. The van der Waals surface area contributed by atoms with Crippen molar-refractivity contribution in [2.45, 2.75) is 23.6 Å². The highest BCUT2D eigenvalue weighted by atomic mass is 32.2. The van der Waals surface area contributed by atoms with Gasteiger partial charge in [0.15, 0.2) is 0 Å². The van der Waals surface area contributed by atoms with E-state index >= 15 is 0 Å². The Kier molecular flexibility index (Phi) is 9.20. The third-order valence-electron chi connectivity index (χ3n) is 4.23. The molecule has 2 N–H and O–H groups in total. The normalized spacial score (nSPS) is 12.0. The number of likely N-dealkylation sites (N-methyl/N-ethyl adjacent to an activating group) is 1. The number of nitrogens with zero attached hydrogens (tertiary/aromatic N) is 1. The third kappa shape index (κ3) is 6.50. The van der Waals surface area contributed by atoms with Crippen LogP contribution in [0.5, 0.6) is 5.75 Å². The Balaban J connectivity index is 2.11. The van der Waals surface area contributed by atoms with E-state index < -0.39 is 22.0 Å². The summed E-state index contributed by atoms with van der Waals surface area (Å²) in [6.07, 6.45) is 0. The van der Waals surface area contributed by atoms with Crippen molar-refractivity contribution in [3.8, 4) is 17.6 Å². The van der Waals surface area contributed by atoms with Crippen molar-refractivity contribution < 1.29 is 23.2 Å². The zero-order valence-electron chi connectivity index (χ0n) is 16.7. The third-order valence-corrected chi connectivity index (χ3v) is 7.20. The predicted molar refractivity (Wildman–Crippen MR) is 117 cm³/mol. The van der Waals surface area contributed by atoms with E-state index in [2.05, 4.69) is 11.8 Å². The number of sulfonamides is 1. The molecule has 0 saturated carbocycles. The van der Waals surface area contributed by atoms with Crippen molar-refractivity contribution in [3.05, 3.63) is 60.2 Å². The molecule has 2 aromatic rings. The fraction of sp³-hybridized carbons (Fsp3) is 0.286. The zero-order valence-corrected chi connectivity index (χ0v) is 18.4. The molecule has 7 nitrogen and oxygen atoms in total. The lowest BCUT2D eigenvalue weighted by atomic mass is 10.2. The maximum Gasteiger partial charge on any atom is 0.262 e. The van der Waals surface area contributed by atoms with Crippen molar-refractivity contribution >= 4 is 27.7 Å². The van der Waals surface area contributed by atoms with E-state index in [-0.39, 0.29) is 17.3 Å². The Labute approximate surface area is 181 Å². The van der Waals surface area contributed by atoms with Gasteiger partial charge < -0.3 is 4.74 Å². The molecule has 0 fully saturated rings. The van der Waals surface area contributed by atoms with Crippen LogP contribution in [0.1, 0.15) is 12.5 Å². The van der Waals surface area contributed by atoms with Gasteiger partial charge in [-0.2, -0.15) is 16.1 Å². The Morgan fingerprint density at radius 3 is 2.47 bits per heavy atom. The molecular weight excluding hydrogens is 424 g/mol. The van der Waals surface area contributed by atoms with Crippen molar-refractivity contribution in [3.63, 3.8) is 0 Å². The van der Waals surface area contributed by atoms with Crippen LogP contribution in [0.15, 0.2) is 59.5 Å². The highest BCUT2D eigenvalue weighted by Crippen LogP contribution is 2.23. The Bertz CT molecular complexity index is 984. The Hall–Kier alpha value is -2.51. The highest BCUT2D eigenvalue weighted by Gasteiger charge is 2.32. The summed E-state index contributed by atoms with van der Waals surface area (Å²) < 4.78 is 32.3. The van der Waals surface area contributed by atoms with Gasteiger partial charge in [0.2, 0.25) is 10.0 Å². The summed E-state index contributed by atoms with van der Waals surface area (Å²) in [7, 11) is -2.65. The van der Waals surface area contributed by atoms with E-state index in [1.807, 2.05) is 30.3 Å². The SMILES string of the molecule is CC#CCOc1ccc(S(=O)(=O)N(C)C(CSCc2ccccc2)C(=O)NO)cc1. The predicted octanol–water partition coefficient (Wildman–Crippen LogP) is 2.52. The van der Waals surface area contributed by atoms with Gasteiger partial charge in [-0.3, -0.25) is 10.0 Å². The van der Waals surface area contributed by atoms with Crippen LogP contribution in [-0.4, -0.2) is 49.3 Å². The monoisotopic (exact) mass is 448 g/mol. The summed E-state index contributed by atoms with van der Waals surface area (Å²) >= 11 is 1.40. The van der Waals surface area contributed by atoms with Gasteiger partial charge >= 0.3 is 0 Å². The summed E-state index contributed by atoms with van der Waals surface area (Å²) in [5.74, 6) is 5.94. The zero-order chi connectivity index (χ0) is 22.0. The summed E-state index contributed by atoms with van der Waals surface area (Å²) in [5, 5.41) is 9.09. The van der Waals surface area contributed by atoms with Crippen LogP contribution in [0.25, 0.3) is 0 Å². The first-order valence-corrected chi connectivity index (χ1v) is 11.7. The standard InChI is InChI=1S/C21H24N2O5S2/c1-3-4-14-28-18-10-12-19(13-11-18)30(26,27)23(2)20(21(24)22-25)16-29-15-17-8-6-5-7-9-17/h5-13,20,25H,14-16H2,1-2H3,(H,22,24). The molecule has 1 atom stereocenters. The highest BCUT2D eigenvalue weighted by molar-refractivity contribution is 7.98. The number of hydroxylamine groups is 1. The second-order valence-electron chi connectivity index (χ2n) is 6.20. The number of ether oxygens (including phenoxy) is 1.